The Morgan fingerprint density at radius 1 is 1.21 bits per heavy atom. The molecule has 3 heterocycles. The first-order valence-corrected chi connectivity index (χ1v) is 12.2. The molecule has 1 saturated heterocycles. The van der Waals surface area contributed by atoms with Crippen LogP contribution in [0.2, 0.25) is 0 Å². The first kappa shape index (κ1) is 19.1. The molecule has 1 amide bonds. The molecular formula is C22H25N3O2S2. The minimum atomic E-state index is 0.0502. The van der Waals surface area contributed by atoms with Crippen molar-refractivity contribution in [2.75, 3.05) is 13.1 Å². The number of para-hydroxylation sites is 1. The van der Waals surface area contributed by atoms with Gasteiger partial charge in [-0.15, -0.1) is 10.2 Å². The van der Waals surface area contributed by atoms with Crippen molar-refractivity contribution in [2.24, 2.45) is 11.8 Å². The van der Waals surface area contributed by atoms with E-state index in [0.29, 0.717) is 17.4 Å². The summed E-state index contributed by atoms with van der Waals surface area (Å²) in [5.74, 6) is 2.68. The van der Waals surface area contributed by atoms with Crippen LogP contribution in [0.1, 0.15) is 53.2 Å². The number of hydrogen-bond donors (Lipinski definition) is 0. The van der Waals surface area contributed by atoms with Crippen LogP contribution in [0.3, 0.4) is 0 Å². The van der Waals surface area contributed by atoms with E-state index in [0.717, 1.165) is 51.3 Å². The van der Waals surface area contributed by atoms with Crippen LogP contribution in [-0.4, -0.2) is 34.1 Å². The molecule has 1 aromatic carbocycles. The van der Waals surface area contributed by atoms with Crippen molar-refractivity contribution < 1.29 is 9.21 Å². The summed E-state index contributed by atoms with van der Waals surface area (Å²) in [6.45, 7) is 3.68. The number of aromatic nitrogens is 2. The molecule has 2 aromatic heterocycles. The van der Waals surface area contributed by atoms with Crippen molar-refractivity contribution in [1.29, 1.82) is 0 Å². The Kier molecular flexibility index (Phi) is 5.35. The normalized spacial score (nSPS) is 22.0. The molecule has 29 heavy (non-hydrogen) atoms. The van der Waals surface area contributed by atoms with E-state index in [-0.39, 0.29) is 5.91 Å². The number of fused-ring (bicyclic) bond motifs is 2. The zero-order valence-corrected chi connectivity index (χ0v) is 18.2. The number of nitrogens with zero attached hydrogens (tertiary/aromatic N) is 3. The average Bonchev–Trinajstić information content (AvgIpc) is 3.34. The molecule has 5 rings (SSSR count). The van der Waals surface area contributed by atoms with E-state index in [9.17, 15) is 4.79 Å². The van der Waals surface area contributed by atoms with E-state index in [1.54, 1.807) is 23.1 Å². The van der Waals surface area contributed by atoms with Crippen LogP contribution >= 0.6 is 23.1 Å². The number of carbonyl (C=O) groups excluding carboxylic acids is 1. The number of likely N-dealkylation sites (tertiary alicyclic amines) is 1. The molecule has 1 aliphatic heterocycles. The second-order valence-electron chi connectivity index (χ2n) is 8.13. The molecule has 1 saturated carbocycles. The highest BCUT2D eigenvalue weighted by Crippen LogP contribution is 2.38. The van der Waals surface area contributed by atoms with Crippen molar-refractivity contribution in [1.82, 2.24) is 15.1 Å². The fraction of sp³-hybridized carbons (Fsp3) is 0.500. The van der Waals surface area contributed by atoms with E-state index >= 15 is 0 Å². The van der Waals surface area contributed by atoms with E-state index in [2.05, 4.69) is 10.2 Å². The monoisotopic (exact) mass is 427 g/mol. The summed E-state index contributed by atoms with van der Waals surface area (Å²) in [6, 6.07) is 7.95. The van der Waals surface area contributed by atoms with E-state index < -0.39 is 0 Å². The number of carbonyl (C=O) groups is 1. The lowest BCUT2D eigenvalue weighted by molar-refractivity contribution is 0.0493. The van der Waals surface area contributed by atoms with Gasteiger partial charge in [0.2, 0.25) is 0 Å². The van der Waals surface area contributed by atoms with Gasteiger partial charge in [-0.2, -0.15) is 0 Å². The Labute approximate surface area is 178 Å². The number of furan rings is 1. The molecule has 0 radical (unpaired) electrons. The minimum Gasteiger partial charge on any atom is -0.451 e. The Hall–Kier alpha value is -1.86. The molecule has 0 N–H and O–H groups in total. The van der Waals surface area contributed by atoms with Crippen LogP contribution in [0.15, 0.2) is 33.0 Å². The van der Waals surface area contributed by atoms with Crippen molar-refractivity contribution in [2.45, 2.75) is 49.1 Å². The summed E-state index contributed by atoms with van der Waals surface area (Å²) in [5.41, 5.74) is 1.77. The first-order valence-electron chi connectivity index (χ1n) is 10.4. The third kappa shape index (κ3) is 3.82. The Balaban J connectivity index is 1.41. The predicted molar refractivity (Wildman–Crippen MR) is 116 cm³/mol. The van der Waals surface area contributed by atoms with Gasteiger partial charge in [-0.05, 0) is 37.7 Å². The van der Waals surface area contributed by atoms with Crippen molar-refractivity contribution in [3.05, 3.63) is 40.6 Å². The SMILES string of the molecule is Cc1nnc(SCc2c(C(=O)N3CC[C@H]4CCCC[C@H]4C3)oc3ccccc23)s1. The Morgan fingerprint density at radius 2 is 2.03 bits per heavy atom. The van der Waals surface area contributed by atoms with Crippen LogP contribution in [0, 0.1) is 18.8 Å². The Bertz CT molecular complexity index is 1030. The molecule has 152 valence electrons. The first-order chi connectivity index (χ1) is 14.2. The molecule has 5 nitrogen and oxygen atoms in total. The maximum Gasteiger partial charge on any atom is 0.289 e. The number of rotatable bonds is 4. The molecule has 3 aromatic rings. The van der Waals surface area contributed by atoms with E-state index in [1.807, 2.05) is 36.1 Å². The number of thioether (sulfide) groups is 1. The largest absolute Gasteiger partial charge is 0.451 e. The number of piperidine rings is 1. The lowest BCUT2D eigenvalue weighted by atomic mass is 9.75. The van der Waals surface area contributed by atoms with Crippen LogP contribution in [0.5, 0.6) is 0 Å². The molecule has 0 spiro atoms. The number of benzene rings is 1. The summed E-state index contributed by atoms with van der Waals surface area (Å²) in [7, 11) is 0. The van der Waals surface area contributed by atoms with Gasteiger partial charge in [0.05, 0.1) is 0 Å². The number of amides is 1. The standard InChI is InChI=1S/C22H25N3O2S2/c1-14-23-24-22(29-14)28-13-18-17-8-4-5-9-19(17)27-20(18)21(26)25-11-10-15-6-2-3-7-16(15)12-25/h4-5,8-9,15-16H,2-3,6-7,10-13H2,1H3/t15-,16+/m1/s1. The molecule has 0 unspecified atom stereocenters. The summed E-state index contributed by atoms with van der Waals surface area (Å²) in [5, 5.41) is 10.3. The fourth-order valence-corrected chi connectivity index (χ4v) is 6.66. The van der Waals surface area contributed by atoms with E-state index in [4.69, 9.17) is 4.42 Å². The van der Waals surface area contributed by atoms with Gasteiger partial charge in [0.25, 0.3) is 5.91 Å². The molecule has 2 aliphatic rings. The zero-order valence-electron chi connectivity index (χ0n) is 16.6. The van der Waals surface area contributed by atoms with Gasteiger partial charge >= 0.3 is 0 Å². The second-order valence-corrected chi connectivity index (χ2v) is 10.5. The topological polar surface area (TPSA) is 59.2 Å². The molecule has 2 atom stereocenters. The number of aryl methyl sites for hydroxylation is 1. The third-order valence-corrected chi connectivity index (χ3v) is 8.32. The van der Waals surface area contributed by atoms with Crippen LogP contribution in [0.25, 0.3) is 11.0 Å². The molecule has 2 fully saturated rings. The minimum absolute atomic E-state index is 0.0502. The Morgan fingerprint density at radius 3 is 2.86 bits per heavy atom. The smallest absolute Gasteiger partial charge is 0.289 e. The van der Waals surface area contributed by atoms with E-state index in [1.165, 1.54) is 25.7 Å². The van der Waals surface area contributed by atoms with Crippen LogP contribution in [-0.2, 0) is 5.75 Å². The van der Waals surface area contributed by atoms with Gasteiger partial charge in [-0.25, -0.2) is 0 Å². The van der Waals surface area contributed by atoms with Crippen molar-refractivity contribution >= 4 is 40.0 Å². The van der Waals surface area contributed by atoms with Crippen molar-refractivity contribution in [3.8, 4) is 0 Å². The van der Waals surface area contributed by atoms with Gasteiger partial charge in [0, 0.05) is 29.8 Å². The second kappa shape index (κ2) is 8.11. The highest BCUT2D eigenvalue weighted by molar-refractivity contribution is 8.00. The van der Waals surface area contributed by atoms with Gasteiger partial charge in [-0.1, -0.05) is 60.6 Å². The molecule has 1 aliphatic carbocycles. The molecule has 0 bridgehead atoms. The average molecular weight is 428 g/mol. The molecule has 7 heteroatoms. The van der Waals surface area contributed by atoms with Gasteiger partial charge < -0.3 is 9.32 Å². The van der Waals surface area contributed by atoms with Crippen molar-refractivity contribution in [3.63, 3.8) is 0 Å². The lowest BCUT2D eigenvalue weighted by Gasteiger charge is -2.41. The predicted octanol–water partition coefficient (Wildman–Crippen LogP) is 5.54. The fourth-order valence-electron chi connectivity index (χ4n) is 4.81. The third-order valence-electron chi connectivity index (χ3n) is 6.32. The summed E-state index contributed by atoms with van der Waals surface area (Å²) in [6.07, 6.45) is 6.38. The lowest BCUT2D eigenvalue weighted by Crippen LogP contribution is -2.44. The highest BCUT2D eigenvalue weighted by Gasteiger charge is 2.35. The zero-order chi connectivity index (χ0) is 19.8. The van der Waals surface area contributed by atoms with Gasteiger partial charge in [0.1, 0.15) is 10.6 Å². The highest BCUT2D eigenvalue weighted by atomic mass is 32.2. The maximum atomic E-state index is 13.5. The number of hydrogen-bond acceptors (Lipinski definition) is 6. The summed E-state index contributed by atoms with van der Waals surface area (Å²) >= 11 is 3.21. The summed E-state index contributed by atoms with van der Waals surface area (Å²) < 4.78 is 7.03. The maximum absolute atomic E-state index is 13.5. The quantitative estimate of drug-likeness (QED) is 0.512. The summed E-state index contributed by atoms with van der Waals surface area (Å²) in [4.78, 5) is 15.5. The van der Waals surface area contributed by atoms with Crippen LogP contribution in [0.4, 0.5) is 0 Å². The van der Waals surface area contributed by atoms with Gasteiger partial charge in [-0.3, -0.25) is 4.79 Å². The molecular weight excluding hydrogens is 402 g/mol. The van der Waals surface area contributed by atoms with Gasteiger partial charge in [0.15, 0.2) is 10.1 Å². The van der Waals surface area contributed by atoms with Crippen LogP contribution < -0.4 is 0 Å².